The van der Waals surface area contributed by atoms with Gasteiger partial charge in [-0.25, -0.2) is 14.8 Å². The minimum Gasteiger partial charge on any atom is -0.497 e. The van der Waals surface area contributed by atoms with Gasteiger partial charge in [-0.2, -0.15) is 0 Å². The number of nitrogens with zero attached hydrogens (tertiary/aromatic N) is 5. The number of hydrogen-bond donors (Lipinski definition) is 1. The topological polar surface area (TPSA) is 118 Å². The summed E-state index contributed by atoms with van der Waals surface area (Å²) in [5.41, 5.74) is 7.89. The molecule has 4 aromatic rings. The molecule has 0 bridgehead atoms. The Morgan fingerprint density at radius 3 is 2.66 bits per heavy atom. The number of esters is 1. The monoisotopic (exact) mass is 470 g/mol. The molecule has 0 saturated heterocycles. The average Bonchev–Trinajstić information content (AvgIpc) is 3.32. The van der Waals surface area contributed by atoms with Gasteiger partial charge in [0.25, 0.3) is 0 Å². The van der Waals surface area contributed by atoms with Crippen LogP contribution in [0.4, 0.5) is 5.82 Å². The maximum absolute atomic E-state index is 12.2. The molecule has 32 heavy (non-hydrogen) atoms. The van der Waals surface area contributed by atoms with Gasteiger partial charge in [0.2, 0.25) is 0 Å². The quantitative estimate of drug-likeness (QED) is 0.317. The zero-order valence-corrected chi connectivity index (χ0v) is 19.7. The third kappa shape index (κ3) is 4.13. The number of aryl methyl sites for hydroxylation is 1. The van der Waals surface area contributed by atoms with Crippen LogP contribution < -0.4 is 10.5 Å². The van der Waals surface area contributed by atoms with Crippen molar-refractivity contribution in [3.63, 3.8) is 0 Å². The third-order valence-corrected chi connectivity index (χ3v) is 7.02. The van der Waals surface area contributed by atoms with E-state index in [-0.39, 0.29) is 5.97 Å². The zero-order chi connectivity index (χ0) is 22.8. The summed E-state index contributed by atoms with van der Waals surface area (Å²) >= 11 is 2.73. The largest absolute Gasteiger partial charge is 0.497 e. The number of ether oxygens (including phenoxy) is 2. The molecule has 2 N–H and O–H groups in total. The van der Waals surface area contributed by atoms with Crippen molar-refractivity contribution in [2.24, 2.45) is 7.05 Å². The standard InChI is InChI=1S/C21H22N6O3S2/c1-5-30-20(28)16-11(2)15-17(22)23-14(24-19(15)32-16)10-31-21-26-25-18(27(21)3)12-6-8-13(29-4)9-7-12/h6-9H,5,10H2,1-4H3,(H2,22,23,24). The average molecular weight is 471 g/mol. The van der Waals surface area contributed by atoms with Gasteiger partial charge in [0, 0.05) is 12.6 Å². The van der Waals surface area contributed by atoms with Crippen LogP contribution in [0.1, 0.15) is 28.0 Å². The summed E-state index contributed by atoms with van der Waals surface area (Å²) < 4.78 is 12.3. The maximum Gasteiger partial charge on any atom is 0.348 e. The van der Waals surface area contributed by atoms with Crippen molar-refractivity contribution in [2.75, 3.05) is 19.5 Å². The molecular weight excluding hydrogens is 448 g/mol. The first-order valence-corrected chi connectivity index (χ1v) is 11.6. The summed E-state index contributed by atoms with van der Waals surface area (Å²) in [4.78, 5) is 22.4. The molecule has 4 rings (SSSR count). The highest BCUT2D eigenvalue weighted by Gasteiger charge is 2.21. The van der Waals surface area contributed by atoms with Crippen LogP contribution in [0.15, 0.2) is 29.4 Å². The lowest BCUT2D eigenvalue weighted by atomic mass is 10.2. The van der Waals surface area contributed by atoms with Crippen LogP contribution in [-0.2, 0) is 17.5 Å². The van der Waals surface area contributed by atoms with Crippen LogP contribution in [0.2, 0.25) is 0 Å². The summed E-state index contributed by atoms with van der Waals surface area (Å²) in [6.45, 7) is 3.92. The molecule has 0 fully saturated rings. The number of fused-ring (bicyclic) bond motifs is 1. The van der Waals surface area contributed by atoms with Crippen LogP contribution in [0.5, 0.6) is 5.75 Å². The summed E-state index contributed by atoms with van der Waals surface area (Å²) in [6, 6.07) is 7.65. The lowest BCUT2D eigenvalue weighted by Crippen LogP contribution is -2.04. The van der Waals surface area contributed by atoms with E-state index in [1.54, 1.807) is 14.0 Å². The number of methoxy groups -OCH3 is 1. The van der Waals surface area contributed by atoms with E-state index in [9.17, 15) is 4.79 Å². The number of nitrogen functional groups attached to an aromatic ring is 1. The molecule has 11 heteroatoms. The van der Waals surface area contributed by atoms with Gasteiger partial charge in [-0.3, -0.25) is 0 Å². The third-order valence-electron chi connectivity index (χ3n) is 4.84. The van der Waals surface area contributed by atoms with Gasteiger partial charge in [-0.15, -0.1) is 21.5 Å². The predicted octanol–water partition coefficient (Wildman–Crippen LogP) is 3.86. The van der Waals surface area contributed by atoms with Crippen LogP contribution in [0.25, 0.3) is 21.6 Å². The number of nitrogens with two attached hydrogens (primary N) is 1. The van der Waals surface area contributed by atoms with Crippen LogP contribution in [0, 0.1) is 6.92 Å². The lowest BCUT2D eigenvalue weighted by molar-refractivity contribution is 0.0531. The van der Waals surface area contributed by atoms with Crippen LogP contribution in [0.3, 0.4) is 0 Å². The summed E-state index contributed by atoms with van der Waals surface area (Å²) in [5, 5.41) is 10.0. The molecule has 0 aliphatic rings. The Morgan fingerprint density at radius 2 is 1.97 bits per heavy atom. The number of thioether (sulfide) groups is 1. The molecule has 0 aliphatic heterocycles. The molecule has 0 amide bonds. The van der Waals surface area contributed by atoms with Gasteiger partial charge in [0.15, 0.2) is 11.0 Å². The summed E-state index contributed by atoms with van der Waals surface area (Å²) in [5.74, 6) is 2.54. The highest BCUT2D eigenvalue weighted by molar-refractivity contribution is 7.98. The Kier molecular flexibility index (Phi) is 6.28. The molecule has 3 heterocycles. The molecule has 0 spiro atoms. The van der Waals surface area contributed by atoms with Gasteiger partial charge in [0.1, 0.15) is 27.1 Å². The number of benzene rings is 1. The number of anilines is 1. The van der Waals surface area contributed by atoms with Crippen molar-refractivity contribution >= 4 is 45.1 Å². The number of rotatable bonds is 7. The van der Waals surface area contributed by atoms with Crippen LogP contribution in [-0.4, -0.2) is 44.4 Å². The van der Waals surface area contributed by atoms with Crippen molar-refractivity contribution in [2.45, 2.75) is 24.8 Å². The second kappa shape index (κ2) is 9.13. The van der Waals surface area contributed by atoms with Gasteiger partial charge >= 0.3 is 5.97 Å². The fraction of sp³-hybridized carbons (Fsp3) is 0.286. The molecule has 0 aliphatic carbocycles. The van der Waals surface area contributed by atoms with E-state index >= 15 is 0 Å². The highest BCUT2D eigenvalue weighted by atomic mass is 32.2. The first-order chi connectivity index (χ1) is 15.4. The van der Waals surface area contributed by atoms with Crippen molar-refractivity contribution in [3.8, 4) is 17.1 Å². The summed E-state index contributed by atoms with van der Waals surface area (Å²) in [7, 11) is 3.54. The predicted molar refractivity (Wildman–Crippen MR) is 125 cm³/mol. The van der Waals surface area contributed by atoms with E-state index in [1.807, 2.05) is 42.8 Å². The van der Waals surface area contributed by atoms with Crippen molar-refractivity contribution in [1.82, 2.24) is 24.7 Å². The number of hydrogen-bond acceptors (Lipinski definition) is 10. The minimum absolute atomic E-state index is 0.311. The smallest absolute Gasteiger partial charge is 0.348 e. The second-order valence-corrected chi connectivity index (χ2v) is 8.81. The molecule has 0 radical (unpaired) electrons. The van der Waals surface area contributed by atoms with Crippen molar-refractivity contribution in [1.29, 1.82) is 0 Å². The van der Waals surface area contributed by atoms with Gasteiger partial charge < -0.3 is 19.8 Å². The molecule has 0 saturated carbocycles. The molecule has 9 nitrogen and oxygen atoms in total. The fourth-order valence-electron chi connectivity index (χ4n) is 3.23. The molecular formula is C21H22N6O3S2. The molecule has 0 unspecified atom stereocenters. The zero-order valence-electron chi connectivity index (χ0n) is 18.1. The molecule has 3 aromatic heterocycles. The summed E-state index contributed by atoms with van der Waals surface area (Å²) in [6.07, 6.45) is 0. The Labute approximate surface area is 193 Å². The lowest BCUT2D eigenvalue weighted by Gasteiger charge is -2.05. The van der Waals surface area contributed by atoms with Crippen LogP contribution >= 0.6 is 23.1 Å². The van der Waals surface area contributed by atoms with Gasteiger partial charge in [0.05, 0.1) is 24.9 Å². The van der Waals surface area contributed by atoms with E-state index in [1.165, 1.54) is 23.1 Å². The normalized spacial score (nSPS) is 11.1. The van der Waals surface area contributed by atoms with E-state index in [4.69, 9.17) is 15.2 Å². The Balaban J connectivity index is 1.55. The molecule has 1 aromatic carbocycles. The van der Waals surface area contributed by atoms with E-state index in [0.29, 0.717) is 39.1 Å². The first-order valence-electron chi connectivity index (χ1n) is 9.82. The maximum atomic E-state index is 12.2. The molecule has 0 atom stereocenters. The van der Waals surface area contributed by atoms with E-state index in [0.717, 1.165) is 27.9 Å². The number of carbonyl (C=O) groups is 1. The molecule has 166 valence electrons. The first kappa shape index (κ1) is 22.0. The fourth-order valence-corrected chi connectivity index (χ4v) is 5.10. The van der Waals surface area contributed by atoms with Crippen molar-refractivity contribution < 1.29 is 14.3 Å². The number of aromatic nitrogens is 5. The SMILES string of the molecule is CCOC(=O)c1sc2nc(CSc3nnc(-c4ccc(OC)cc4)n3C)nc(N)c2c1C. The second-order valence-electron chi connectivity index (χ2n) is 6.86. The van der Waals surface area contributed by atoms with Gasteiger partial charge in [-0.05, 0) is 43.7 Å². The Bertz CT molecular complexity index is 1280. The number of thiophene rings is 1. The minimum atomic E-state index is -0.367. The number of carbonyl (C=O) groups excluding carboxylic acids is 1. The van der Waals surface area contributed by atoms with E-state index in [2.05, 4.69) is 20.2 Å². The van der Waals surface area contributed by atoms with Crippen molar-refractivity contribution in [3.05, 3.63) is 40.5 Å². The Hall–Kier alpha value is -3.18. The Morgan fingerprint density at radius 1 is 1.22 bits per heavy atom. The highest BCUT2D eigenvalue weighted by Crippen LogP contribution is 2.34. The van der Waals surface area contributed by atoms with E-state index < -0.39 is 0 Å². The van der Waals surface area contributed by atoms with Gasteiger partial charge in [-0.1, -0.05) is 11.8 Å².